The Hall–Kier alpha value is -7.22. The molecule has 0 saturated carbocycles. The van der Waals surface area contributed by atoms with Gasteiger partial charge in [0.15, 0.2) is 0 Å². The van der Waals surface area contributed by atoms with Crippen LogP contribution >= 0.6 is 0 Å². The Morgan fingerprint density at radius 3 is 1.52 bits per heavy atom. The van der Waals surface area contributed by atoms with Crippen molar-refractivity contribution in [1.82, 2.24) is 0 Å². The van der Waals surface area contributed by atoms with Gasteiger partial charge in [0, 0.05) is 16.9 Å². The molecule has 0 fully saturated rings. The highest BCUT2D eigenvalue weighted by molar-refractivity contribution is 6.03. The highest BCUT2D eigenvalue weighted by Gasteiger charge is 2.35. The average molecular weight is 738 g/mol. The smallest absolute Gasteiger partial charge is 0.0540 e. The molecular formula is C57H39N. The molecule has 0 unspecified atom stereocenters. The van der Waals surface area contributed by atoms with Gasteiger partial charge >= 0.3 is 0 Å². The lowest BCUT2D eigenvalue weighted by molar-refractivity contribution is 1.23. The summed E-state index contributed by atoms with van der Waals surface area (Å²) in [5.74, 6) is 0. The van der Waals surface area contributed by atoms with Crippen LogP contribution in [0.15, 0.2) is 200 Å². The summed E-state index contributed by atoms with van der Waals surface area (Å²) in [5.41, 5.74) is 28.2. The fourth-order valence-corrected chi connectivity index (χ4v) is 10.2. The molecule has 0 heterocycles. The van der Waals surface area contributed by atoms with E-state index in [1.807, 2.05) is 0 Å². The molecule has 0 amide bonds. The van der Waals surface area contributed by atoms with Gasteiger partial charge in [-0.2, -0.15) is 0 Å². The van der Waals surface area contributed by atoms with Crippen LogP contribution in [0.2, 0.25) is 0 Å². The summed E-state index contributed by atoms with van der Waals surface area (Å²) in [7, 11) is 0. The van der Waals surface area contributed by atoms with Gasteiger partial charge in [-0.1, -0.05) is 164 Å². The van der Waals surface area contributed by atoms with E-state index in [4.69, 9.17) is 0 Å². The molecule has 12 rings (SSSR count). The quantitative estimate of drug-likeness (QED) is 0.164. The number of hydrogen-bond acceptors (Lipinski definition) is 1. The van der Waals surface area contributed by atoms with E-state index in [0.717, 1.165) is 36.3 Å². The van der Waals surface area contributed by atoms with Gasteiger partial charge in [-0.05, 0) is 150 Å². The highest BCUT2D eigenvalue weighted by Crippen LogP contribution is 2.56. The Balaban J connectivity index is 0.979. The summed E-state index contributed by atoms with van der Waals surface area (Å²) < 4.78 is 0. The van der Waals surface area contributed by atoms with Gasteiger partial charge in [-0.3, -0.25) is 0 Å². The third-order valence-electron chi connectivity index (χ3n) is 12.7. The van der Waals surface area contributed by atoms with E-state index in [2.05, 4.69) is 205 Å². The molecule has 3 aliphatic rings. The van der Waals surface area contributed by atoms with Gasteiger partial charge < -0.3 is 4.90 Å². The average Bonchev–Trinajstić information content (AvgIpc) is 3.99. The number of rotatable bonds is 6. The maximum atomic E-state index is 2.53. The summed E-state index contributed by atoms with van der Waals surface area (Å²) in [4.78, 5) is 2.40. The summed E-state index contributed by atoms with van der Waals surface area (Å²) in [6.07, 6.45) is 2.96. The van der Waals surface area contributed by atoms with Gasteiger partial charge in [-0.25, -0.2) is 0 Å². The molecule has 3 aliphatic carbocycles. The Kier molecular flexibility index (Phi) is 7.50. The van der Waals surface area contributed by atoms with E-state index >= 15 is 0 Å². The molecular weight excluding hydrogens is 699 g/mol. The number of nitrogens with zero attached hydrogens (tertiary/aromatic N) is 1. The minimum atomic E-state index is 0.968. The third kappa shape index (κ3) is 5.17. The molecule has 9 aromatic carbocycles. The van der Waals surface area contributed by atoms with Gasteiger partial charge in [0.1, 0.15) is 0 Å². The van der Waals surface area contributed by atoms with Gasteiger partial charge in [-0.15, -0.1) is 0 Å². The molecule has 1 nitrogen and oxygen atoms in total. The Labute approximate surface area is 340 Å². The molecule has 0 saturated heterocycles. The molecule has 0 atom stereocenters. The second kappa shape index (κ2) is 13.2. The molecule has 272 valence electrons. The van der Waals surface area contributed by atoms with Crippen molar-refractivity contribution in [2.75, 3.05) is 4.90 Å². The second-order valence-corrected chi connectivity index (χ2v) is 16.0. The SMILES string of the molecule is c1ccc(-c2ccc(-c3ccccc3N(c3ccccc3)c3ccc(-c4cc5c(c6c4-c4ccccc4C6)-c4c(ccc6c4-c4ccccc4C6)C5)cc3)cc2)cc1. The zero-order valence-electron chi connectivity index (χ0n) is 32.1. The van der Waals surface area contributed by atoms with Crippen LogP contribution in [0, 0.1) is 0 Å². The molecule has 58 heavy (non-hydrogen) atoms. The summed E-state index contributed by atoms with van der Waals surface area (Å²) >= 11 is 0. The fourth-order valence-electron chi connectivity index (χ4n) is 10.2. The number of para-hydroxylation sites is 2. The molecule has 0 radical (unpaired) electrons. The lowest BCUT2D eigenvalue weighted by Crippen LogP contribution is -2.11. The van der Waals surface area contributed by atoms with Crippen LogP contribution in [0.3, 0.4) is 0 Å². The van der Waals surface area contributed by atoms with Crippen LogP contribution in [0.5, 0.6) is 0 Å². The van der Waals surface area contributed by atoms with E-state index in [0.29, 0.717) is 0 Å². The van der Waals surface area contributed by atoms with Gasteiger partial charge in [0.05, 0.1) is 5.69 Å². The molecule has 0 N–H and O–H groups in total. The number of hydrogen-bond donors (Lipinski definition) is 0. The predicted molar refractivity (Wildman–Crippen MR) is 242 cm³/mol. The van der Waals surface area contributed by atoms with Crippen LogP contribution in [-0.2, 0) is 19.3 Å². The number of fused-ring (bicyclic) bond motifs is 11. The summed E-state index contributed by atoms with van der Waals surface area (Å²) in [5, 5.41) is 0. The topological polar surface area (TPSA) is 3.24 Å². The molecule has 1 heteroatoms. The Morgan fingerprint density at radius 1 is 0.276 bits per heavy atom. The van der Waals surface area contributed by atoms with E-state index in [9.17, 15) is 0 Å². The van der Waals surface area contributed by atoms with Crippen LogP contribution in [0.1, 0.15) is 33.4 Å². The van der Waals surface area contributed by atoms with Crippen molar-refractivity contribution in [3.05, 3.63) is 234 Å². The third-order valence-corrected chi connectivity index (χ3v) is 12.7. The van der Waals surface area contributed by atoms with Crippen molar-refractivity contribution in [3.8, 4) is 66.8 Å². The largest absolute Gasteiger partial charge is 0.310 e. The first-order valence-electron chi connectivity index (χ1n) is 20.5. The standard InChI is InChI=1S/C57H39N/c1-3-13-37(14-4-1)38-23-25-39(26-24-38)48-19-11-12-22-53(48)58(46-17-5-2-6-18-46)47-31-29-40(30-32-47)51-36-45-34-44-28-27-43-33-41-15-7-9-20-49(41)54(43)56(44)55(45)52-35-42-16-8-10-21-50(42)57(51)52/h1-32,36H,33-35H2. The first-order valence-corrected chi connectivity index (χ1v) is 20.5. The monoisotopic (exact) mass is 737 g/mol. The van der Waals surface area contributed by atoms with E-state index < -0.39 is 0 Å². The maximum absolute atomic E-state index is 2.53. The minimum Gasteiger partial charge on any atom is -0.310 e. The number of benzene rings is 9. The van der Waals surface area contributed by atoms with Crippen LogP contribution < -0.4 is 4.90 Å². The maximum Gasteiger partial charge on any atom is 0.0540 e. The van der Waals surface area contributed by atoms with Gasteiger partial charge in [0.25, 0.3) is 0 Å². The molecule has 0 bridgehead atoms. The van der Waals surface area contributed by atoms with E-state index in [1.165, 1.54) is 100 Å². The Morgan fingerprint density at radius 2 is 0.776 bits per heavy atom. The molecule has 0 spiro atoms. The zero-order chi connectivity index (χ0) is 38.2. The molecule has 0 aliphatic heterocycles. The van der Waals surface area contributed by atoms with Crippen LogP contribution in [0.25, 0.3) is 66.8 Å². The number of anilines is 3. The lowest BCUT2D eigenvalue weighted by Gasteiger charge is -2.28. The van der Waals surface area contributed by atoms with Crippen molar-refractivity contribution in [2.45, 2.75) is 19.3 Å². The van der Waals surface area contributed by atoms with Crippen molar-refractivity contribution in [1.29, 1.82) is 0 Å². The summed E-state index contributed by atoms with van der Waals surface area (Å²) in [6.45, 7) is 0. The van der Waals surface area contributed by atoms with Crippen molar-refractivity contribution in [2.24, 2.45) is 0 Å². The van der Waals surface area contributed by atoms with Crippen molar-refractivity contribution in [3.63, 3.8) is 0 Å². The minimum absolute atomic E-state index is 0.968. The highest BCUT2D eigenvalue weighted by atomic mass is 15.1. The Bertz CT molecular complexity index is 3050. The zero-order valence-corrected chi connectivity index (χ0v) is 32.1. The second-order valence-electron chi connectivity index (χ2n) is 16.0. The van der Waals surface area contributed by atoms with Crippen molar-refractivity contribution >= 4 is 17.1 Å². The first-order chi connectivity index (χ1) is 28.8. The lowest BCUT2D eigenvalue weighted by atomic mass is 9.86. The van der Waals surface area contributed by atoms with E-state index in [-0.39, 0.29) is 0 Å². The molecule has 9 aromatic rings. The van der Waals surface area contributed by atoms with Crippen LogP contribution in [-0.4, -0.2) is 0 Å². The van der Waals surface area contributed by atoms with Crippen LogP contribution in [0.4, 0.5) is 17.1 Å². The summed E-state index contributed by atoms with van der Waals surface area (Å²) in [6, 6.07) is 73.9. The first kappa shape index (κ1) is 33.0. The normalized spacial score (nSPS) is 12.6. The fraction of sp³-hybridized carbons (Fsp3) is 0.0526. The predicted octanol–water partition coefficient (Wildman–Crippen LogP) is 14.9. The van der Waals surface area contributed by atoms with Gasteiger partial charge in [0.2, 0.25) is 0 Å². The molecule has 0 aromatic heterocycles. The van der Waals surface area contributed by atoms with Crippen molar-refractivity contribution < 1.29 is 0 Å². The van der Waals surface area contributed by atoms with E-state index in [1.54, 1.807) is 0 Å².